The second kappa shape index (κ2) is 4.84. The molecule has 3 rings (SSSR count). The topological polar surface area (TPSA) is 41.1 Å². The zero-order valence-corrected chi connectivity index (χ0v) is 10.7. The van der Waals surface area contributed by atoms with Gasteiger partial charge in [-0.2, -0.15) is 4.98 Å². The first-order valence-electron chi connectivity index (χ1n) is 6.36. The number of nitrogens with one attached hydrogen (secondary N) is 1. The van der Waals surface area contributed by atoms with Crippen LogP contribution in [0.3, 0.4) is 0 Å². The van der Waals surface area contributed by atoms with Crippen LogP contribution in [-0.4, -0.2) is 16.5 Å². The van der Waals surface area contributed by atoms with Gasteiger partial charge in [0.1, 0.15) is 0 Å². The quantitative estimate of drug-likeness (QED) is 0.918. The highest BCUT2D eigenvalue weighted by atomic mass is 19.1. The van der Waals surface area contributed by atoms with Crippen molar-refractivity contribution in [3.63, 3.8) is 0 Å². The molecule has 0 radical (unpaired) electrons. The van der Waals surface area contributed by atoms with Gasteiger partial charge in [-0.1, -0.05) is 24.3 Å². The number of rotatable bonds is 3. The van der Waals surface area contributed by atoms with Crippen LogP contribution in [0.4, 0.5) is 16.2 Å². The molecule has 4 nitrogen and oxygen atoms in total. The van der Waals surface area contributed by atoms with Crippen molar-refractivity contribution in [1.82, 2.24) is 9.97 Å². The smallest absolute Gasteiger partial charge is 0.224 e. The average molecular weight is 258 g/mol. The summed E-state index contributed by atoms with van der Waals surface area (Å²) in [5.41, 5.74) is 2.45. The van der Waals surface area contributed by atoms with Crippen LogP contribution in [0.1, 0.15) is 18.1 Å². The molecule has 0 bridgehead atoms. The summed E-state index contributed by atoms with van der Waals surface area (Å²) >= 11 is 0. The molecule has 0 aliphatic carbocycles. The van der Waals surface area contributed by atoms with E-state index < -0.39 is 0 Å². The van der Waals surface area contributed by atoms with Gasteiger partial charge in [-0.3, -0.25) is 0 Å². The molecule has 0 saturated carbocycles. The van der Waals surface area contributed by atoms with Gasteiger partial charge in [0.05, 0.1) is 6.20 Å². The van der Waals surface area contributed by atoms with Crippen molar-refractivity contribution < 1.29 is 4.39 Å². The zero-order chi connectivity index (χ0) is 13.2. The highest BCUT2D eigenvalue weighted by Gasteiger charge is 2.22. The number of benzene rings is 1. The van der Waals surface area contributed by atoms with Crippen LogP contribution in [0.15, 0.2) is 30.5 Å². The van der Waals surface area contributed by atoms with Crippen molar-refractivity contribution >= 4 is 11.8 Å². The predicted molar refractivity (Wildman–Crippen MR) is 72.5 cm³/mol. The molecule has 5 heteroatoms. The number of aromatic nitrogens is 2. The normalized spacial score (nSPS) is 13.5. The van der Waals surface area contributed by atoms with Crippen molar-refractivity contribution in [3.05, 3.63) is 47.4 Å². The van der Waals surface area contributed by atoms with Crippen LogP contribution in [0.25, 0.3) is 0 Å². The molecule has 1 aliphatic heterocycles. The fourth-order valence-corrected chi connectivity index (χ4v) is 2.31. The van der Waals surface area contributed by atoms with Gasteiger partial charge in [0.25, 0.3) is 0 Å². The Bertz CT molecular complexity index is 575. The van der Waals surface area contributed by atoms with E-state index in [-0.39, 0.29) is 5.82 Å². The minimum absolute atomic E-state index is 0.363. The van der Waals surface area contributed by atoms with E-state index >= 15 is 0 Å². The third-order valence-corrected chi connectivity index (χ3v) is 3.20. The van der Waals surface area contributed by atoms with E-state index in [0.29, 0.717) is 31.4 Å². The first-order valence-corrected chi connectivity index (χ1v) is 6.36. The maximum atomic E-state index is 13.9. The number of fused-ring (bicyclic) bond motifs is 1. The van der Waals surface area contributed by atoms with Gasteiger partial charge in [-0.25, -0.2) is 9.37 Å². The molecule has 98 valence electrons. The van der Waals surface area contributed by atoms with E-state index in [1.54, 1.807) is 0 Å². The molecule has 0 spiro atoms. The van der Waals surface area contributed by atoms with Crippen LogP contribution in [0.2, 0.25) is 0 Å². The van der Waals surface area contributed by atoms with Gasteiger partial charge in [0, 0.05) is 19.6 Å². The summed E-state index contributed by atoms with van der Waals surface area (Å²) in [5, 5.41) is 3.00. The second-order valence-corrected chi connectivity index (χ2v) is 4.52. The van der Waals surface area contributed by atoms with Crippen molar-refractivity contribution in [2.24, 2.45) is 0 Å². The Morgan fingerprint density at radius 3 is 2.58 bits per heavy atom. The van der Waals surface area contributed by atoms with Crippen molar-refractivity contribution in [3.8, 4) is 0 Å². The standard InChI is InChI=1S/C14H15FN4/c1-2-16-14-17-7-12(15)13(18-14)19-8-10-5-3-4-6-11(10)9-19/h3-7H,2,8-9H2,1H3,(H,16,17,18). The van der Waals surface area contributed by atoms with E-state index in [0.717, 1.165) is 0 Å². The lowest BCUT2D eigenvalue weighted by molar-refractivity contribution is 0.604. The van der Waals surface area contributed by atoms with Crippen LogP contribution in [0, 0.1) is 5.82 Å². The first kappa shape index (κ1) is 11.9. The van der Waals surface area contributed by atoms with Gasteiger partial charge in [-0.15, -0.1) is 0 Å². The lowest BCUT2D eigenvalue weighted by Gasteiger charge is -2.17. The molecule has 2 heterocycles. The molecule has 2 aromatic rings. The molecule has 1 aliphatic rings. The second-order valence-electron chi connectivity index (χ2n) is 4.52. The summed E-state index contributed by atoms with van der Waals surface area (Å²) in [6.07, 6.45) is 1.23. The molecular weight excluding hydrogens is 243 g/mol. The fourth-order valence-electron chi connectivity index (χ4n) is 2.31. The number of hydrogen-bond donors (Lipinski definition) is 1. The summed E-state index contributed by atoms with van der Waals surface area (Å²) < 4.78 is 13.9. The highest BCUT2D eigenvalue weighted by Crippen LogP contribution is 2.28. The minimum Gasteiger partial charge on any atom is -0.354 e. The van der Waals surface area contributed by atoms with Crippen LogP contribution in [0.5, 0.6) is 0 Å². The van der Waals surface area contributed by atoms with Crippen molar-refractivity contribution in [2.75, 3.05) is 16.8 Å². The molecule has 0 fully saturated rings. The van der Waals surface area contributed by atoms with Gasteiger partial charge < -0.3 is 10.2 Å². The molecule has 0 atom stereocenters. The van der Waals surface area contributed by atoms with Crippen LogP contribution < -0.4 is 10.2 Å². The zero-order valence-electron chi connectivity index (χ0n) is 10.7. The molecule has 1 aromatic carbocycles. The monoisotopic (exact) mass is 258 g/mol. The van der Waals surface area contributed by atoms with E-state index in [1.165, 1.54) is 17.3 Å². The van der Waals surface area contributed by atoms with Crippen molar-refractivity contribution in [1.29, 1.82) is 0 Å². The Morgan fingerprint density at radius 2 is 1.95 bits per heavy atom. The fraction of sp³-hybridized carbons (Fsp3) is 0.286. The lowest BCUT2D eigenvalue weighted by Crippen LogP contribution is -2.19. The summed E-state index contributed by atoms with van der Waals surface area (Å²) in [7, 11) is 0. The van der Waals surface area contributed by atoms with Gasteiger partial charge in [-0.05, 0) is 18.1 Å². The third-order valence-electron chi connectivity index (χ3n) is 3.20. The average Bonchev–Trinajstić information content (AvgIpc) is 2.85. The summed E-state index contributed by atoms with van der Waals surface area (Å²) in [5.74, 6) is 0.450. The van der Waals surface area contributed by atoms with Crippen LogP contribution >= 0.6 is 0 Å². The van der Waals surface area contributed by atoms with Crippen molar-refractivity contribution in [2.45, 2.75) is 20.0 Å². The first-order chi connectivity index (χ1) is 9.28. The Morgan fingerprint density at radius 1 is 1.26 bits per heavy atom. The van der Waals surface area contributed by atoms with Gasteiger partial charge >= 0.3 is 0 Å². The molecular formula is C14H15FN4. The largest absolute Gasteiger partial charge is 0.354 e. The summed E-state index contributed by atoms with van der Waals surface area (Å²) in [4.78, 5) is 10.1. The SMILES string of the molecule is CCNc1ncc(F)c(N2Cc3ccccc3C2)n1. The summed E-state index contributed by atoms with van der Waals surface area (Å²) in [6.45, 7) is 4.05. The number of hydrogen-bond acceptors (Lipinski definition) is 4. The van der Waals surface area contributed by atoms with Crippen LogP contribution in [-0.2, 0) is 13.1 Å². The summed E-state index contributed by atoms with van der Waals surface area (Å²) in [6, 6.07) is 8.14. The van der Waals surface area contributed by atoms with Gasteiger partial charge in [0.15, 0.2) is 11.6 Å². The van der Waals surface area contributed by atoms with E-state index in [4.69, 9.17) is 0 Å². The maximum Gasteiger partial charge on any atom is 0.224 e. The maximum absolute atomic E-state index is 13.9. The molecule has 19 heavy (non-hydrogen) atoms. The Kier molecular flexibility index (Phi) is 3.03. The Balaban J connectivity index is 1.90. The van der Waals surface area contributed by atoms with E-state index in [9.17, 15) is 4.39 Å². The predicted octanol–water partition coefficient (Wildman–Crippen LogP) is 2.57. The van der Waals surface area contributed by atoms with E-state index in [1.807, 2.05) is 24.0 Å². The van der Waals surface area contributed by atoms with E-state index in [2.05, 4.69) is 27.4 Å². The van der Waals surface area contributed by atoms with Gasteiger partial charge in [0.2, 0.25) is 5.95 Å². The number of halogens is 1. The molecule has 0 saturated heterocycles. The number of anilines is 2. The molecule has 0 unspecified atom stereocenters. The minimum atomic E-state index is -0.380. The Hall–Kier alpha value is -2.17. The molecule has 1 aromatic heterocycles. The molecule has 0 amide bonds. The Labute approximate surface area is 111 Å². The third kappa shape index (κ3) is 2.23. The highest BCUT2D eigenvalue weighted by molar-refractivity contribution is 5.49. The lowest BCUT2D eigenvalue weighted by atomic mass is 10.1. The number of nitrogens with zero attached hydrogens (tertiary/aromatic N) is 3. The molecule has 1 N–H and O–H groups in total.